The second-order valence-corrected chi connectivity index (χ2v) is 2.84. The highest BCUT2D eigenvalue weighted by Crippen LogP contribution is 2.16. The molecule has 1 rings (SSSR count). The minimum absolute atomic E-state index is 0.0249. The third-order valence-corrected chi connectivity index (χ3v) is 1.42. The van der Waals surface area contributed by atoms with Crippen molar-refractivity contribution in [2.45, 2.75) is 20.0 Å². The predicted octanol–water partition coefficient (Wildman–Crippen LogP) is 0.936. The van der Waals surface area contributed by atoms with Crippen molar-refractivity contribution in [2.24, 2.45) is 0 Å². The van der Waals surface area contributed by atoms with Gasteiger partial charge in [0.2, 0.25) is 0 Å². The van der Waals surface area contributed by atoms with E-state index in [4.69, 9.17) is 9.84 Å². The molecular formula is C9H14NO2. The Bertz CT molecular complexity index is 197. The highest BCUT2D eigenvalue weighted by molar-refractivity contribution is 5.27. The second kappa shape index (κ2) is 4.16. The summed E-state index contributed by atoms with van der Waals surface area (Å²) in [6, 6.07) is 0.714. The number of hydrogen-bond donors (Lipinski definition) is 2. The third-order valence-electron chi connectivity index (χ3n) is 1.42. The highest BCUT2D eigenvalue weighted by atomic mass is 16.5. The summed E-state index contributed by atoms with van der Waals surface area (Å²) in [5.41, 5.74) is 0. The summed E-state index contributed by atoms with van der Waals surface area (Å²) in [5, 5.41) is 11.8. The van der Waals surface area contributed by atoms with Crippen LogP contribution in [0.5, 0.6) is 0 Å². The molecular weight excluding hydrogens is 154 g/mol. The Morgan fingerprint density at radius 2 is 2.33 bits per heavy atom. The summed E-state index contributed by atoms with van der Waals surface area (Å²) in [7, 11) is 0. The van der Waals surface area contributed by atoms with E-state index in [1.165, 1.54) is 0 Å². The monoisotopic (exact) mass is 168 g/mol. The summed E-state index contributed by atoms with van der Waals surface area (Å²) in [6.07, 6.45) is 5.57. The number of dihydropyridines is 1. The van der Waals surface area contributed by atoms with Crippen molar-refractivity contribution in [3.63, 3.8) is 0 Å². The highest BCUT2D eigenvalue weighted by Gasteiger charge is 2.16. The largest absolute Gasteiger partial charge is 0.493 e. The van der Waals surface area contributed by atoms with Crippen LogP contribution in [0.25, 0.3) is 0 Å². The summed E-state index contributed by atoms with van der Waals surface area (Å²) < 4.78 is 5.44. The second-order valence-electron chi connectivity index (χ2n) is 2.84. The number of aliphatic hydroxyl groups is 1. The average Bonchev–Trinajstić information content (AvgIpc) is 2.04. The lowest BCUT2D eigenvalue weighted by Gasteiger charge is -2.22. The van der Waals surface area contributed by atoms with Crippen LogP contribution in [0.3, 0.4) is 0 Å². The number of ether oxygens (including phenoxy) is 1. The average molecular weight is 168 g/mol. The van der Waals surface area contributed by atoms with Crippen LogP contribution in [0, 0.1) is 6.04 Å². The molecule has 1 aliphatic heterocycles. The van der Waals surface area contributed by atoms with E-state index in [1.54, 1.807) is 6.20 Å². The number of aliphatic hydroxyl groups excluding tert-OH is 1. The van der Waals surface area contributed by atoms with Crippen LogP contribution in [0.2, 0.25) is 0 Å². The lowest BCUT2D eigenvalue weighted by atomic mass is 10.2. The van der Waals surface area contributed by atoms with Gasteiger partial charge in [-0.15, -0.1) is 0 Å². The first kappa shape index (κ1) is 9.13. The summed E-state index contributed by atoms with van der Waals surface area (Å²) in [4.78, 5) is 0. The normalized spacial score (nSPS) is 17.5. The Morgan fingerprint density at radius 3 is 2.92 bits per heavy atom. The van der Waals surface area contributed by atoms with Gasteiger partial charge in [-0.3, -0.25) is 0 Å². The molecule has 0 bridgehead atoms. The number of hydrogen-bond acceptors (Lipinski definition) is 3. The zero-order valence-corrected chi connectivity index (χ0v) is 7.37. The Kier molecular flexibility index (Phi) is 3.17. The maximum atomic E-state index is 8.92. The minimum atomic E-state index is -0.0249. The minimum Gasteiger partial charge on any atom is -0.493 e. The molecule has 1 heterocycles. The molecule has 0 aromatic carbocycles. The first-order valence-electron chi connectivity index (χ1n) is 4.01. The van der Waals surface area contributed by atoms with Gasteiger partial charge in [0.05, 0.1) is 12.7 Å². The lowest BCUT2D eigenvalue weighted by molar-refractivity contribution is 0.133. The number of rotatable bonds is 3. The quantitative estimate of drug-likeness (QED) is 0.659. The summed E-state index contributed by atoms with van der Waals surface area (Å²) in [5.74, 6) is 0.718. The molecule has 0 fully saturated rings. The molecule has 0 saturated carbocycles. The molecule has 3 heteroatoms. The fourth-order valence-corrected chi connectivity index (χ4v) is 0.944. The van der Waals surface area contributed by atoms with Gasteiger partial charge in [0.1, 0.15) is 5.76 Å². The van der Waals surface area contributed by atoms with Crippen molar-refractivity contribution < 1.29 is 9.84 Å². The van der Waals surface area contributed by atoms with Crippen molar-refractivity contribution >= 4 is 0 Å². The fourth-order valence-electron chi connectivity index (χ4n) is 0.944. The third kappa shape index (κ3) is 2.27. The van der Waals surface area contributed by atoms with Gasteiger partial charge >= 0.3 is 0 Å². The fraction of sp³-hybridized carbons (Fsp3) is 0.444. The molecule has 0 spiro atoms. The smallest absolute Gasteiger partial charge is 0.151 e. The zero-order valence-electron chi connectivity index (χ0n) is 7.37. The topological polar surface area (TPSA) is 41.5 Å². The van der Waals surface area contributed by atoms with E-state index < -0.39 is 0 Å². The number of allylic oxidation sites excluding steroid dienone is 2. The molecule has 0 aromatic rings. The Balaban J connectivity index is 2.57. The molecule has 1 radical (unpaired) electrons. The Labute approximate surface area is 72.7 Å². The van der Waals surface area contributed by atoms with Crippen LogP contribution in [0.1, 0.15) is 13.8 Å². The molecule has 3 nitrogen and oxygen atoms in total. The summed E-state index contributed by atoms with van der Waals surface area (Å²) in [6.45, 7) is 3.88. The Morgan fingerprint density at radius 1 is 1.58 bits per heavy atom. The predicted molar refractivity (Wildman–Crippen MR) is 46.9 cm³/mol. The van der Waals surface area contributed by atoms with Crippen molar-refractivity contribution in [3.05, 3.63) is 30.2 Å². The first-order chi connectivity index (χ1) is 5.74. The van der Waals surface area contributed by atoms with E-state index in [0.29, 0.717) is 6.04 Å². The molecule has 0 aromatic heterocycles. The van der Waals surface area contributed by atoms with Crippen LogP contribution in [0.15, 0.2) is 24.1 Å². The van der Waals surface area contributed by atoms with E-state index in [0.717, 1.165) is 5.76 Å². The molecule has 0 unspecified atom stereocenters. The van der Waals surface area contributed by atoms with Crippen molar-refractivity contribution in [3.8, 4) is 0 Å². The standard InChI is InChI=1S/C9H14NO2/c1-7(2)12-9-4-3-5-10-8(9)6-11/h3-5,7,10-11H,6H2,1-2H3. The maximum absolute atomic E-state index is 8.92. The van der Waals surface area contributed by atoms with Gasteiger partial charge in [0.25, 0.3) is 0 Å². The Hall–Kier alpha value is -0.960. The zero-order chi connectivity index (χ0) is 8.97. The van der Waals surface area contributed by atoms with Crippen molar-refractivity contribution in [1.82, 2.24) is 5.32 Å². The van der Waals surface area contributed by atoms with E-state index in [-0.39, 0.29) is 12.7 Å². The molecule has 0 atom stereocenters. The van der Waals surface area contributed by atoms with Crippen LogP contribution < -0.4 is 5.32 Å². The van der Waals surface area contributed by atoms with E-state index in [2.05, 4.69) is 5.32 Å². The SMILES string of the molecule is CC(C)OC1=CC=CN[C]1CO. The molecule has 67 valence electrons. The molecule has 1 aliphatic rings. The van der Waals surface area contributed by atoms with Crippen molar-refractivity contribution in [1.29, 1.82) is 0 Å². The lowest BCUT2D eigenvalue weighted by Crippen LogP contribution is -2.25. The van der Waals surface area contributed by atoms with Gasteiger partial charge in [-0.25, -0.2) is 0 Å². The van der Waals surface area contributed by atoms with Crippen molar-refractivity contribution in [2.75, 3.05) is 6.61 Å². The van der Waals surface area contributed by atoms with Crippen LogP contribution in [0.4, 0.5) is 0 Å². The van der Waals surface area contributed by atoms with Gasteiger partial charge in [0, 0.05) is 0 Å². The van der Waals surface area contributed by atoms with E-state index in [1.807, 2.05) is 26.0 Å². The molecule has 12 heavy (non-hydrogen) atoms. The van der Waals surface area contributed by atoms with Gasteiger partial charge in [-0.05, 0) is 32.2 Å². The molecule has 0 saturated heterocycles. The maximum Gasteiger partial charge on any atom is 0.151 e. The van der Waals surface area contributed by atoms with Gasteiger partial charge in [0.15, 0.2) is 6.04 Å². The van der Waals surface area contributed by atoms with E-state index in [9.17, 15) is 0 Å². The molecule has 0 amide bonds. The van der Waals surface area contributed by atoms with Gasteiger partial charge in [-0.2, -0.15) is 0 Å². The van der Waals surface area contributed by atoms with Crippen LogP contribution >= 0.6 is 0 Å². The van der Waals surface area contributed by atoms with Crippen LogP contribution in [-0.4, -0.2) is 17.8 Å². The van der Waals surface area contributed by atoms with Gasteiger partial charge < -0.3 is 15.2 Å². The van der Waals surface area contributed by atoms with E-state index >= 15 is 0 Å². The van der Waals surface area contributed by atoms with Gasteiger partial charge in [-0.1, -0.05) is 0 Å². The summed E-state index contributed by atoms with van der Waals surface area (Å²) >= 11 is 0. The number of nitrogens with one attached hydrogen (secondary N) is 1. The first-order valence-corrected chi connectivity index (χ1v) is 4.01. The van der Waals surface area contributed by atoms with Crippen LogP contribution in [-0.2, 0) is 4.74 Å². The molecule has 2 N–H and O–H groups in total. The molecule has 0 aliphatic carbocycles.